The van der Waals surface area contributed by atoms with Crippen LogP contribution < -0.4 is 5.32 Å². The Morgan fingerprint density at radius 2 is 1.95 bits per heavy atom. The highest BCUT2D eigenvalue weighted by Gasteiger charge is 2.11. The summed E-state index contributed by atoms with van der Waals surface area (Å²) in [5.74, 6) is -0.262. The molecule has 0 aliphatic carbocycles. The molecule has 1 N–H and O–H groups in total. The van der Waals surface area contributed by atoms with Crippen LogP contribution in [0.3, 0.4) is 0 Å². The van der Waals surface area contributed by atoms with Gasteiger partial charge in [0, 0.05) is 12.4 Å². The Balaban J connectivity index is 2.00. The van der Waals surface area contributed by atoms with Crippen LogP contribution in [0.25, 0.3) is 5.95 Å². The van der Waals surface area contributed by atoms with Gasteiger partial charge in [0.1, 0.15) is 5.82 Å². The molecular weight excluding hydrogens is 318 g/mol. The van der Waals surface area contributed by atoms with Gasteiger partial charge in [-0.1, -0.05) is 17.7 Å². The molecule has 1 aromatic carbocycles. The van der Waals surface area contributed by atoms with Crippen molar-refractivity contribution in [2.45, 2.75) is 0 Å². The van der Waals surface area contributed by atoms with E-state index in [0.29, 0.717) is 0 Å². The van der Waals surface area contributed by atoms with Gasteiger partial charge in [-0.2, -0.15) is 20.1 Å². The number of aromatic nitrogens is 5. The van der Waals surface area contributed by atoms with E-state index in [4.69, 9.17) is 23.2 Å². The molecule has 106 valence electrons. The standard InChI is InChI=1S/C12H7Cl2FN6/c13-7-3-1-4-8(15)9(7)17-11-18-10(14)19-12(20-11)21-6-2-5-16-21/h1-6H,(H,17,18,19,20). The minimum absolute atomic E-state index is 0.0505. The lowest BCUT2D eigenvalue weighted by Crippen LogP contribution is -2.07. The van der Waals surface area contributed by atoms with Gasteiger partial charge < -0.3 is 5.32 Å². The van der Waals surface area contributed by atoms with Crippen molar-refractivity contribution in [3.63, 3.8) is 0 Å². The topological polar surface area (TPSA) is 68.5 Å². The van der Waals surface area contributed by atoms with E-state index in [0.717, 1.165) is 0 Å². The van der Waals surface area contributed by atoms with Crippen LogP contribution in [0.15, 0.2) is 36.7 Å². The number of nitrogens with one attached hydrogen (secondary N) is 1. The summed E-state index contributed by atoms with van der Waals surface area (Å²) in [7, 11) is 0. The van der Waals surface area contributed by atoms with E-state index in [-0.39, 0.29) is 27.9 Å². The van der Waals surface area contributed by atoms with E-state index in [1.165, 1.54) is 16.8 Å². The Hall–Kier alpha value is -2.25. The van der Waals surface area contributed by atoms with Crippen molar-refractivity contribution < 1.29 is 4.39 Å². The second-order valence-corrected chi connectivity index (χ2v) is 4.65. The van der Waals surface area contributed by atoms with Crippen LogP contribution in [0.5, 0.6) is 0 Å². The van der Waals surface area contributed by atoms with Gasteiger partial charge >= 0.3 is 0 Å². The summed E-state index contributed by atoms with van der Waals surface area (Å²) in [5.41, 5.74) is 0.0628. The highest BCUT2D eigenvalue weighted by molar-refractivity contribution is 6.33. The summed E-state index contributed by atoms with van der Waals surface area (Å²) in [6.07, 6.45) is 3.21. The average Bonchev–Trinajstić information content (AvgIpc) is 2.97. The second-order valence-electron chi connectivity index (χ2n) is 3.90. The average molecular weight is 325 g/mol. The molecule has 0 aliphatic heterocycles. The third kappa shape index (κ3) is 2.93. The molecule has 0 saturated heterocycles. The molecule has 9 heteroatoms. The van der Waals surface area contributed by atoms with Crippen LogP contribution in [0, 0.1) is 5.82 Å². The van der Waals surface area contributed by atoms with Gasteiger partial charge in [-0.3, -0.25) is 0 Å². The first-order valence-corrected chi connectivity index (χ1v) is 6.52. The van der Waals surface area contributed by atoms with Crippen LogP contribution in [0.4, 0.5) is 16.0 Å². The number of hydrogen-bond donors (Lipinski definition) is 1. The number of rotatable bonds is 3. The molecule has 0 saturated carbocycles. The predicted molar refractivity (Wildman–Crippen MR) is 76.7 cm³/mol. The molecule has 3 aromatic rings. The Morgan fingerprint density at radius 3 is 2.67 bits per heavy atom. The summed E-state index contributed by atoms with van der Waals surface area (Å²) in [4.78, 5) is 11.9. The number of benzene rings is 1. The Labute approximate surface area is 128 Å². The fourth-order valence-electron chi connectivity index (χ4n) is 1.61. The highest BCUT2D eigenvalue weighted by Crippen LogP contribution is 2.27. The first-order valence-electron chi connectivity index (χ1n) is 5.76. The number of nitrogens with zero attached hydrogens (tertiary/aromatic N) is 5. The molecule has 0 atom stereocenters. The van der Waals surface area contributed by atoms with E-state index >= 15 is 0 Å². The molecule has 3 rings (SSSR count). The molecule has 0 amide bonds. The minimum atomic E-state index is -0.528. The predicted octanol–water partition coefficient (Wildman–Crippen LogP) is 3.25. The largest absolute Gasteiger partial charge is 0.320 e. The molecule has 0 aliphatic rings. The quantitative estimate of drug-likeness (QED) is 0.800. The second kappa shape index (κ2) is 5.63. The molecule has 0 unspecified atom stereocenters. The fraction of sp³-hybridized carbons (Fsp3) is 0. The maximum Gasteiger partial charge on any atom is 0.256 e. The van der Waals surface area contributed by atoms with Gasteiger partial charge in [-0.25, -0.2) is 9.07 Å². The zero-order valence-electron chi connectivity index (χ0n) is 10.3. The van der Waals surface area contributed by atoms with Crippen LogP contribution in [0.1, 0.15) is 0 Å². The molecule has 6 nitrogen and oxygen atoms in total. The molecule has 0 spiro atoms. The SMILES string of the molecule is Fc1cccc(Cl)c1Nc1nc(Cl)nc(-n2cccn2)n1. The van der Waals surface area contributed by atoms with E-state index in [2.05, 4.69) is 25.4 Å². The number of anilines is 2. The number of hydrogen-bond acceptors (Lipinski definition) is 5. The molecule has 0 radical (unpaired) electrons. The lowest BCUT2D eigenvalue weighted by molar-refractivity contribution is 0.631. The van der Waals surface area contributed by atoms with Crippen LogP contribution in [-0.2, 0) is 0 Å². The van der Waals surface area contributed by atoms with Gasteiger partial charge in [0.2, 0.25) is 11.2 Å². The highest BCUT2D eigenvalue weighted by atomic mass is 35.5. The van der Waals surface area contributed by atoms with Crippen molar-refractivity contribution in [3.8, 4) is 5.95 Å². The van der Waals surface area contributed by atoms with Gasteiger partial charge in [0.25, 0.3) is 5.95 Å². The maximum atomic E-state index is 13.7. The number of halogens is 3. The van der Waals surface area contributed by atoms with Crippen molar-refractivity contribution in [2.24, 2.45) is 0 Å². The lowest BCUT2D eigenvalue weighted by atomic mass is 10.3. The lowest BCUT2D eigenvalue weighted by Gasteiger charge is -2.09. The molecule has 0 fully saturated rings. The summed E-state index contributed by atoms with van der Waals surface area (Å²) in [6, 6.07) is 6.02. The first-order chi connectivity index (χ1) is 10.1. The monoisotopic (exact) mass is 324 g/mol. The van der Waals surface area contributed by atoms with Crippen molar-refractivity contribution >= 4 is 34.8 Å². The minimum Gasteiger partial charge on any atom is -0.320 e. The van der Waals surface area contributed by atoms with Crippen molar-refractivity contribution in [1.82, 2.24) is 24.7 Å². The molecule has 21 heavy (non-hydrogen) atoms. The van der Waals surface area contributed by atoms with Gasteiger partial charge in [0.15, 0.2) is 0 Å². The maximum absolute atomic E-state index is 13.7. The zero-order chi connectivity index (χ0) is 14.8. The molecule has 2 aromatic heterocycles. The number of para-hydroxylation sites is 1. The fourth-order valence-corrected chi connectivity index (χ4v) is 1.98. The Kier molecular flexibility index (Phi) is 3.68. The van der Waals surface area contributed by atoms with E-state index in [1.807, 2.05) is 0 Å². The van der Waals surface area contributed by atoms with Crippen LogP contribution >= 0.6 is 23.2 Å². The van der Waals surface area contributed by atoms with E-state index in [1.54, 1.807) is 24.5 Å². The third-order valence-electron chi connectivity index (χ3n) is 2.51. The zero-order valence-corrected chi connectivity index (χ0v) is 11.8. The Morgan fingerprint density at radius 1 is 1.10 bits per heavy atom. The van der Waals surface area contributed by atoms with Gasteiger partial charge in [-0.05, 0) is 29.8 Å². The Bertz CT molecular complexity index is 757. The van der Waals surface area contributed by atoms with Crippen LogP contribution in [-0.4, -0.2) is 24.7 Å². The summed E-state index contributed by atoms with van der Waals surface area (Å²) < 4.78 is 15.1. The molecule has 2 heterocycles. The summed E-state index contributed by atoms with van der Waals surface area (Å²) in [5, 5.41) is 6.83. The van der Waals surface area contributed by atoms with Crippen molar-refractivity contribution in [1.29, 1.82) is 0 Å². The van der Waals surface area contributed by atoms with Gasteiger partial charge in [-0.15, -0.1) is 0 Å². The van der Waals surface area contributed by atoms with Gasteiger partial charge in [0.05, 0.1) is 10.7 Å². The smallest absolute Gasteiger partial charge is 0.256 e. The van der Waals surface area contributed by atoms with Crippen LogP contribution in [0.2, 0.25) is 10.3 Å². The summed E-state index contributed by atoms with van der Waals surface area (Å²) >= 11 is 11.8. The van der Waals surface area contributed by atoms with E-state index < -0.39 is 5.82 Å². The van der Waals surface area contributed by atoms with E-state index in [9.17, 15) is 4.39 Å². The molecular formula is C12H7Cl2FN6. The third-order valence-corrected chi connectivity index (χ3v) is 2.99. The summed E-state index contributed by atoms with van der Waals surface area (Å²) in [6.45, 7) is 0. The van der Waals surface area contributed by atoms with Crippen molar-refractivity contribution in [2.75, 3.05) is 5.32 Å². The normalized spacial score (nSPS) is 10.6. The van der Waals surface area contributed by atoms with Crippen molar-refractivity contribution in [3.05, 3.63) is 52.8 Å². The first kappa shape index (κ1) is 13.7. The molecule has 0 bridgehead atoms.